The van der Waals surface area contributed by atoms with Gasteiger partial charge < -0.3 is 4.74 Å². The van der Waals surface area contributed by atoms with Gasteiger partial charge in [0.15, 0.2) is 0 Å². The summed E-state index contributed by atoms with van der Waals surface area (Å²) < 4.78 is 4.77. The number of terminal acetylenes is 1. The summed E-state index contributed by atoms with van der Waals surface area (Å²) in [5.41, 5.74) is 2.17. The summed E-state index contributed by atoms with van der Waals surface area (Å²) >= 11 is 2.80. The van der Waals surface area contributed by atoms with Crippen molar-refractivity contribution < 1.29 is 14.3 Å². The first kappa shape index (κ1) is 23.4. The number of benzene rings is 1. The zero-order chi connectivity index (χ0) is 22.2. The van der Waals surface area contributed by atoms with Crippen molar-refractivity contribution >= 4 is 34.3 Å². The Bertz CT molecular complexity index is 950. The van der Waals surface area contributed by atoms with E-state index in [1.165, 1.54) is 35.8 Å². The van der Waals surface area contributed by atoms with Gasteiger partial charge in [-0.2, -0.15) is 0 Å². The molecular weight excluding hydrogens is 428 g/mol. The summed E-state index contributed by atoms with van der Waals surface area (Å²) in [5.74, 6) is 3.68. The fourth-order valence-corrected chi connectivity index (χ4v) is 5.36. The Morgan fingerprint density at radius 2 is 2.13 bits per heavy atom. The lowest BCUT2D eigenvalue weighted by atomic mass is 9.97. The van der Waals surface area contributed by atoms with Gasteiger partial charge in [0.25, 0.3) is 5.24 Å². The molecule has 0 aliphatic carbocycles. The highest BCUT2D eigenvalue weighted by Crippen LogP contribution is 2.23. The second-order valence-corrected chi connectivity index (χ2v) is 9.86. The first-order valence-corrected chi connectivity index (χ1v) is 12.2. The van der Waals surface area contributed by atoms with Gasteiger partial charge in [-0.15, -0.1) is 17.8 Å². The summed E-state index contributed by atoms with van der Waals surface area (Å²) in [4.78, 5) is 25.9. The number of carbonyl (C=O) groups is 2. The Hall–Kier alpha value is -2.27. The average Bonchev–Trinajstić information content (AvgIpc) is 3.25. The number of thioether (sulfide) groups is 1. The number of nitrogens with zero attached hydrogens (tertiary/aromatic N) is 2. The van der Waals surface area contributed by atoms with Crippen LogP contribution in [0.25, 0.3) is 0 Å². The molecule has 1 unspecified atom stereocenters. The quantitative estimate of drug-likeness (QED) is 0.404. The molecule has 1 atom stereocenters. The molecule has 31 heavy (non-hydrogen) atoms. The molecule has 2 heterocycles. The lowest BCUT2D eigenvalue weighted by Gasteiger charge is -2.38. The predicted octanol–water partition coefficient (Wildman–Crippen LogP) is 4.71. The van der Waals surface area contributed by atoms with E-state index < -0.39 is 0 Å². The number of ether oxygens (including phenoxy) is 1. The van der Waals surface area contributed by atoms with Crippen molar-refractivity contribution in [2.75, 3.05) is 32.5 Å². The van der Waals surface area contributed by atoms with Crippen LogP contribution in [0.5, 0.6) is 0 Å². The van der Waals surface area contributed by atoms with Crippen LogP contribution >= 0.6 is 23.1 Å². The van der Waals surface area contributed by atoms with Crippen LogP contribution in [-0.2, 0) is 17.6 Å². The highest BCUT2D eigenvalue weighted by Gasteiger charge is 2.26. The normalized spacial score (nSPS) is 15.5. The largest absolute Gasteiger partial charge is 0.465 e. The molecule has 0 spiro atoms. The maximum Gasteiger partial charge on any atom is 0.348 e. The van der Waals surface area contributed by atoms with Gasteiger partial charge in [-0.3, -0.25) is 9.80 Å². The van der Waals surface area contributed by atoms with Crippen molar-refractivity contribution in [3.05, 3.63) is 57.3 Å². The summed E-state index contributed by atoms with van der Waals surface area (Å²) in [7, 11) is 1.38. The number of thiophene rings is 1. The van der Waals surface area contributed by atoms with Crippen LogP contribution in [0.1, 0.15) is 39.0 Å². The number of hydrazine groups is 1. The lowest BCUT2D eigenvalue weighted by molar-refractivity contribution is 0.0241. The average molecular weight is 457 g/mol. The van der Waals surface area contributed by atoms with E-state index in [1.807, 2.05) is 23.2 Å². The molecule has 0 saturated carbocycles. The Labute approximate surface area is 192 Å². The van der Waals surface area contributed by atoms with Crippen molar-refractivity contribution in [3.63, 3.8) is 0 Å². The number of rotatable bonds is 9. The molecule has 0 bridgehead atoms. The van der Waals surface area contributed by atoms with E-state index in [1.54, 1.807) is 6.07 Å². The van der Waals surface area contributed by atoms with Crippen LogP contribution in [0.4, 0.5) is 4.79 Å². The van der Waals surface area contributed by atoms with E-state index in [0.717, 1.165) is 48.5 Å². The number of hydrogen-bond acceptors (Lipinski definition) is 6. The Balaban J connectivity index is 1.53. The van der Waals surface area contributed by atoms with E-state index in [9.17, 15) is 9.59 Å². The zero-order valence-electron chi connectivity index (χ0n) is 18.0. The van der Waals surface area contributed by atoms with Gasteiger partial charge in [-0.25, -0.2) is 9.80 Å². The van der Waals surface area contributed by atoms with E-state index in [0.29, 0.717) is 17.3 Å². The van der Waals surface area contributed by atoms with Crippen molar-refractivity contribution in [2.24, 2.45) is 5.92 Å². The monoisotopic (exact) mass is 456 g/mol. The van der Waals surface area contributed by atoms with Crippen LogP contribution in [-0.4, -0.2) is 53.7 Å². The van der Waals surface area contributed by atoms with E-state index >= 15 is 0 Å². The molecule has 1 amide bonds. The first-order chi connectivity index (χ1) is 15.0. The molecule has 0 N–H and O–H groups in total. The third kappa shape index (κ3) is 6.60. The molecule has 0 radical (unpaired) electrons. The van der Waals surface area contributed by atoms with Crippen LogP contribution in [0.2, 0.25) is 0 Å². The molecule has 3 rings (SSSR count). The summed E-state index contributed by atoms with van der Waals surface area (Å²) in [6, 6.07) is 11.9. The number of carbonyl (C=O) groups excluding carboxylic acids is 2. The van der Waals surface area contributed by atoms with Gasteiger partial charge in [0, 0.05) is 42.2 Å². The van der Waals surface area contributed by atoms with Crippen molar-refractivity contribution in [1.29, 1.82) is 0 Å². The second-order valence-electron chi connectivity index (χ2n) is 7.64. The molecule has 1 aromatic heterocycles. The van der Waals surface area contributed by atoms with Crippen molar-refractivity contribution in [2.45, 2.75) is 26.2 Å². The Kier molecular flexibility index (Phi) is 8.59. The van der Waals surface area contributed by atoms with E-state index in [-0.39, 0.29) is 11.2 Å². The number of methoxy groups -OCH3 is 1. The zero-order valence-corrected chi connectivity index (χ0v) is 19.6. The molecule has 7 heteroatoms. The van der Waals surface area contributed by atoms with Crippen LogP contribution in [0, 0.1) is 18.3 Å². The fourth-order valence-electron chi connectivity index (χ4n) is 3.61. The molecule has 1 aliphatic heterocycles. The fraction of sp³-hybridized carbons (Fsp3) is 0.417. The maximum absolute atomic E-state index is 12.5. The highest BCUT2D eigenvalue weighted by molar-refractivity contribution is 8.13. The lowest BCUT2D eigenvalue weighted by Crippen LogP contribution is -2.50. The van der Waals surface area contributed by atoms with Gasteiger partial charge in [0.2, 0.25) is 0 Å². The van der Waals surface area contributed by atoms with Crippen molar-refractivity contribution in [3.8, 4) is 12.3 Å². The minimum atomic E-state index is -0.316. The topological polar surface area (TPSA) is 49.9 Å². The summed E-state index contributed by atoms with van der Waals surface area (Å²) in [6.07, 6.45) is 8.20. The SMILES string of the molecule is C#Cc1cccc(CC(C)CCN2CCSC(=O)N2CCc2ccc(C(=O)OC)s2)c1. The van der Waals surface area contributed by atoms with Gasteiger partial charge in [-0.1, -0.05) is 36.7 Å². The third-order valence-electron chi connectivity index (χ3n) is 5.30. The molecular formula is C24H28N2O3S2. The predicted molar refractivity (Wildman–Crippen MR) is 127 cm³/mol. The van der Waals surface area contributed by atoms with E-state index in [2.05, 4.69) is 30.0 Å². The number of amides is 1. The minimum absolute atomic E-state index is 0.102. The number of esters is 1. The Morgan fingerprint density at radius 1 is 1.29 bits per heavy atom. The molecule has 1 fully saturated rings. The third-order valence-corrected chi connectivity index (χ3v) is 7.27. The van der Waals surface area contributed by atoms with Crippen LogP contribution < -0.4 is 0 Å². The molecule has 1 saturated heterocycles. The highest BCUT2D eigenvalue weighted by atomic mass is 32.2. The van der Waals surface area contributed by atoms with Gasteiger partial charge in [0.1, 0.15) is 4.88 Å². The van der Waals surface area contributed by atoms with Crippen LogP contribution in [0.15, 0.2) is 36.4 Å². The smallest absolute Gasteiger partial charge is 0.348 e. The summed E-state index contributed by atoms with van der Waals surface area (Å²) in [5, 5.41) is 4.16. The second kappa shape index (κ2) is 11.4. The minimum Gasteiger partial charge on any atom is -0.465 e. The number of hydrogen-bond donors (Lipinski definition) is 0. The first-order valence-electron chi connectivity index (χ1n) is 10.4. The standard InChI is InChI=1S/C24H28N2O3S2/c1-4-19-6-5-7-20(17-19)16-18(2)10-12-25-14-15-30-24(28)26(25)13-11-21-8-9-22(31-21)23(27)29-3/h1,5-9,17-18H,10-16H2,2-3H3. The van der Waals surface area contributed by atoms with Gasteiger partial charge >= 0.3 is 5.97 Å². The Morgan fingerprint density at radius 3 is 2.90 bits per heavy atom. The summed E-state index contributed by atoms with van der Waals surface area (Å²) in [6.45, 7) is 4.58. The maximum atomic E-state index is 12.5. The van der Waals surface area contributed by atoms with Gasteiger partial charge in [-0.05, 0) is 48.6 Å². The molecule has 164 valence electrons. The molecule has 1 aromatic carbocycles. The molecule has 5 nitrogen and oxygen atoms in total. The van der Waals surface area contributed by atoms with Gasteiger partial charge in [0.05, 0.1) is 7.11 Å². The van der Waals surface area contributed by atoms with E-state index in [4.69, 9.17) is 11.2 Å². The molecule has 1 aliphatic rings. The molecule has 2 aromatic rings. The van der Waals surface area contributed by atoms with Crippen molar-refractivity contribution in [1.82, 2.24) is 10.0 Å². The van der Waals surface area contributed by atoms with Crippen LogP contribution in [0.3, 0.4) is 0 Å².